The molecule has 25 heavy (non-hydrogen) atoms. The van der Waals surface area contributed by atoms with E-state index in [2.05, 4.69) is 19.9 Å². The summed E-state index contributed by atoms with van der Waals surface area (Å²) in [7, 11) is -3.19. The standard InChI is InChI=1S/C20H27O4P/c1-13(2)18-10-16(6-7-20(18)21)11-19-14(3)8-17(9-15(19)4)24-12-25(5,22)23/h6-10,13,21H,11-12H2,1-5H3,(H,22,23). The van der Waals surface area contributed by atoms with Gasteiger partial charge in [0.05, 0.1) is 0 Å². The summed E-state index contributed by atoms with van der Waals surface area (Å²) in [6, 6.07) is 9.57. The minimum atomic E-state index is -3.19. The molecule has 0 aromatic heterocycles. The van der Waals surface area contributed by atoms with E-state index in [1.54, 1.807) is 6.07 Å². The fraction of sp³-hybridized carbons (Fsp3) is 0.400. The van der Waals surface area contributed by atoms with Gasteiger partial charge in [-0.15, -0.1) is 0 Å². The van der Waals surface area contributed by atoms with E-state index in [1.165, 1.54) is 12.2 Å². The van der Waals surface area contributed by atoms with E-state index in [0.29, 0.717) is 11.5 Å². The zero-order valence-corrected chi connectivity index (χ0v) is 16.4. The van der Waals surface area contributed by atoms with E-state index < -0.39 is 7.37 Å². The Hall–Kier alpha value is -1.77. The Morgan fingerprint density at radius 1 is 1.12 bits per heavy atom. The Balaban J connectivity index is 2.26. The van der Waals surface area contributed by atoms with Gasteiger partial charge in [-0.3, -0.25) is 4.57 Å². The molecule has 0 saturated heterocycles. The first-order chi connectivity index (χ1) is 11.6. The molecule has 0 bridgehead atoms. The molecular formula is C20H27O4P. The van der Waals surface area contributed by atoms with E-state index in [-0.39, 0.29) is 12.3 Å². The van der Waals surface area contributed by atoms with Crippen molar-refractivity contribution in [2.75, 3.05) is 13.0 Å². The van der Waals surface area contributed by atoms with Crippen LogP contribution in [0.4, 0.5) is 0 Å². The number of phenols is 1. The second-order valence-corrected chi connectivity index (χ2v) is 9.44. The third kappa shape index (κ3) is 5.35. The van der Waals surface area contributed by atoms with Crippen molar-refractivity contribution in [2.24, 2.45) is 0 Å². The molecule has 2 N–H and O–H groups in total. The maximum Gasteiger partial charge on any atom is 0.233 e. The van der Waals surface area contributed by atoms with Crippen LogP contribution in [0.1, 0.15) is 47.6 Å². The molecule has 0 radical (unpaired) electrons. The van der Waals surface area contributed by atoms with Gasteiger partial charge in [0.15, 0.2) is 6.35 Å². The number of hydrogen-bond donors (Lipinski definition) is 2. The van der Waals surface area contributed by atoms with Crippen LogP contribution in [-0.2, 0) is 11.0 Å². The molecule has 0 aliphatic heterocycles. The number of benzene rings is 2. The fourth-order valence-corrected chi connectivity index (χ4v) is 3.28. The van der Waals surface area contributed by atoms with Crippen LogP contribution in [0.3, 0.4) is 0 Å². The lowest BCUT2D eigenvalue weighted by Gasteiger charge is -2.16. The molecule has 0 fully saturated rings. The van der Waals surface area contributed by atoms with E-state index in [4.69, 9.17) is 4.74 Å². The first-order valence-corrected chi connectivity index (χ1v) is 10.7. The highest BCUT2D eigenvalue weighted by Gasteiger charge is 2.13. The SMILES string of the molecule is Cc1cc(OCP(C)(=O)O)cc(C)c1Cc1ccc(O)c(C(C)C)c1. The van der Waals surface area contributed by atoms with Crippen LogP contribution in [0.25, 0.3) is 0 Å². The third-order valence-corrected chi connectivity index (χ3v) is 4.84. The van der Waals surface area contributed by atoms with Crippen molar-refractivity contribution in [3.05, 3.63) is 58.1 Å². The lowest BCUT2D eigenvalue weighted by atomic mass is 9.93. The summed E-state index contributed by atoms with van der Waals surface area (Å²) in [6.07, 6.45) is 0.588. The zero-order valence-electron chi connectivity index (χ0n) is 15.5. The molecule has 0 aliphatic rings. The normalized spacial score (nSPS) is 13.7. The van der Waals surface area contributed by atoms with Crippen molar-refractivity contribution in [1.82, 2.24) is 0 Å². The smallest absolute Gasteiger partial charge is 0.233 e. The van der Waals surface area contributed by atoms with Crippen molar-refractivity contribution >= 4 is 7.37 Å². The molecule has 2 aromatic carbocycles. The molecule has 0 aliphatic carbocycles. The van der Waals surface area contributed by atoms with Gasteiger partial charge >= 0.3 is 0 Å². The van der Waals surface area contributed by atoms with Crippen molar-refractivity contribution in [2.45, 2.75) is 40.0 Å². The monoisotopic (exact) mass is 362 g/mol. The van der Waals surface area contributed by atoms with E-state index >= 15 is 0 Å². The average Bonchev–Trinajstić information content (AvgIpc) is 2.49. The molecule has 1 unspecified atom stereocenters. The fourth-order valence-electron chi connectivity index (χ4n) is 2.89. The zero-order chi connectivity index (χ0) is 18.8. The number of aryl methyl sites for hydroxylation is 2. The van der Waals surface area contributed by atoms with E-state index in [0.717, 1.165) is 28.7 Å². The Labute approximate surface area is 149 Å². The van der Waals surface area contributed by atoms with Crippen LogP contribution in [0.2, 0.25) is 0 Å². The van der Waals surface area contributed by atoms with Crippen molar-refractivity contribution in [3.63, 3.8) is 0 Å². The van der Waals surface area contributed by atoms with Gasteiger partial charge in [0.25, 0.3) is 0 Å². The molecule has 2 rings (SSSR count). The average molecular weight is 362 g/mol. The highest BCUT2D eigenvalue weighted by molar-refractivity contribution is 7.56. The van der Waals surface area contributed by atoms with E-state index in [9.17, 15) is 14.6 Å². The molecule has 5 heteroatoms. The largest absolute Gasteiger partial charge is 0.508 e. The molecule has 4 nitrogen and oxygen atoms in total. The van der Waals surface area contributed by atoms with Crippen LogP contribution in [-0.4, -0.2) is 23.0 Å². The summed E-state index contributed by atoms with van der Waals surface area (Å²) in [6.45, 7) is 9.45. The van der Waals surface area contributed by atoms with Crippen LogP contribution in [0, 0.1) is 13.8 Å². The Bertz CT molecular complexity index is 782. The number of ether oxygens (including phenoxy) is 1. The first-order valence-electron chi connectivity index (χ1n) is 8.41. The van der Waals surface area contributed by atoms with Gasteiger partial charge in [-0.25, -0.2) is 0 Å². The summed E-state index contributed by atoms with van der Waals surface area (Å²) >= 11 is 0. The quantitative estimate of drug-likeness (QED) is 0.713. The topological polar surface area (TPSA) is 66.8 Å². The Kier molecular flexibility index (Phi) is 5.97. The third-order valence-electron chi connectivity index (χ3n) is 4.24. The van der Waals surface area contributed by atoms with Crippen molar-refractivity contribution in [3.8, 4) is 11.5 Å². The highest BCUT2D eigenvalue weighted by atomic mass is 31.2. The van der Waals surface area contributed by atoms with Crippen LogP contribution in [0.5, 0.6) is 11.5 Å². The number of phenolic OH excluding ortho intramolecular Hbond substituents is 1. The molecule has 0 spiro atoms. The summed E-state index contributed by atoms with van der Waals surface area (Å²) in [5, 5.41) is 9.98. The molecule has 0 heterocycles. The first kappa shape index (κ1) is 19.6. The van der Waals surface area contributed by atoms with Crippen LogP contribution in [0.15, 0.2) is 30.3 Å². The minimum absolute atomic E-state index is 0.180. The Morgan fingerprint density at radius 2 is 1.72 bits per heavy atom. The summed E-state index contributed by atoms with van der Waals surface area (Å²) in [5.41, 5.74) is 5.47. The molecule has 0 amide bonds. The summed E-state index contributed by atoms with van der Waals surface area (Å²) < 4.78 is 16.8. The molecule has 1 atom stereocenters. The highest BCUT2D eigenvalue weighted by Crippen LogP contribution is 2.36. The van der Waals surface area contributed by atoms with Gasteiger partial charge in [0.2, 0.25) is 7.37 Å². The van der Waals surface area contributed by atoms with Crippen molar-refractivity contribution in [1.29, 1.82) is 0 Å². The molecule has 0 saturated carbocycles. The van der Waals surface area contributed by atoms with Crippen LogP contribution < -0.4 is 4.74 Å². The van der Waals surface area contributed by atoms with Gasteiger partial charge in [-0.05, 0) is 72.2 Å². The molecule has 136 valence electrons. The lowest BCUT2D eigenvalue weighted by Crippen LogP contribution is -2.02. The second-order valence-electron chi connectivity index (χ2n) is 7.08. The van der Waals surface area contributed by atoms with Gasteiger partial charge in [0.1, 0.15) is 11.5 Å². The maximum absolute atomic E-state index is 11.4. The summed E-state index contributed by atoms with van der Waals surface area (Å²) in [4.78, 5) is 9.37. The van der Waals surface area contributed by atoms with Gasteiger partial charge in [-0.1, -0.05) is 26.0 Å². The second kappa shape index (κ2) is 7.63. The predicted molar refractivity (Wildman–Crippen MR) is 102 cm³/mol. The van der Waals surface area contributed by atoms with E-state index in [1.807, 2.05) is 32.0 Å². The number of rotatable bonds is 6. The Morgan fingerprint density at radius 3 is 2.24 bits per heavy atom. The van der Waals surface area contributed by atoms with Gasteiger partial charge in [0, 0.05) is 6.66 Å². The van der Waals surface area contributed by atoms with Crippen molar-refractivity contribution < 1.29 is 19.3 Å². The molecular weight excluding hydrogens is 335 g/mol. The van der Waals surface area contributed by atoms with Crippen LogP contribution >= 0.6 is 7.37 Å². The predicted octanol–water partition coefficient (Wildman–Crippen LogP) is 4.96. The number of hydrogen-bond acceptors (Lipinski definition) is 3. The molecule has 2 aromatic rings. The minimum Gasteiger partial charge on any atom is -0.508 e. The number of aromatic hydroxyl groups is 1. The lowest BCUT2D eigenvalue weighted by molar-refractivity contribution is 0.352. The van der Waals surface area contributed by atoms with Gasteiger partial charge < -0.3 is 14.7 Å². The summed E-state index contributed by atoms with van der Waals surface area (Å²) in [5.74, 6) is 1.22. The maximum atomic E-state index is 11.4. The van der Waals surface area contributed by atoms with Gasteiger partial charge in [-0.2, -0.15) is 0 Å².